The molecule has 2 aromatic carbocycles. The minimum atomic E-state index is -1.29. The summed E-state index contributed by atoms with van der Waals surface area (Å²) in [4.78, 5) is 18.4. The Bertz CT molecular complexity index is 1700. The van der Waals surface area contributed by atoms with E-state index in [0.717, 1.165) is 49.6 Å². The number of carbonyl (C=O) groups is 1. The van der Waals surface area contributed by atoms with Gasteiger partial charge in [-0.25, -0.2) is 14.2 Å². The summed E-state index contributed by atoms with van der Waals surface area (Å²) in [6.07, 6.45) is 8.42. The van der Waals surface area contributed by atoms with Gasteiger partial charge in [-0.1, -0.05) is 23.7 Å². The van der Waals surface area contributed by atoms with Gasteiger partial charge in [-0.15, -0.1) is 10.2 Å². The van der Waals surface area contributed by atoms with Crippen molar-refractivity contribution in [2.45, 2.75) is 58.0 Å². The van der Waals surface area contributed by atoms with Crippen LogP contribution in [0.15, 0.2) is 55.0 Å². The summed E-state index contributed by atoms with van der Waals surface area (Å²) >= 11 is 5.97. The minimum Gasteiger partial charge on any atom is -0.466 e. The van der Waals surface area contributed by atoms with Gasteiger partial charge in [-0.05, 0) is 69.1 Å². The fourth-order valence-corrected chi connectivity index (χ4v) is 6.10. The minimum absolute atomic E-state index is 0.248. The molecule has 2 aliphatic heterocycles. The highest BCUT2D eigenvalue weighted by molar-refractivity contribution is 6.30. The lowest BCUT2D eigenvalue weighted by Crippen LogP contribution is -2.34. The fraction of sp³-hybridized carbons (Fsp3) is 0.375. The number of hydrogen-bond donors (Lipinski definition) is 0. The molecule has 2 aromatic heterocycles. The van der Waals surface area contributed by atoms with Crippen molar-refractivity contribution in [3.05, 3.63) is 94.3 Å². The molecule has 44 heavy (non-hydrogen) atoms. The number of piperidine rings is 1. The highest BCUT2D eigenvalue weighted by Crippen LogP contribution is 2.49. The summed E-state index contributed by atoms with van der Waals surface area (Å²) in [6.45, 7) is 7.39. The summed E-state index contributed by atoms with van der Waals surface area (Å²) in [5.74, 6) is 0.672. The normalized spacial score (nSPS) is 18.8. The van der Waals surface area contributed by atoms with Crippen LogP contribution in [0.25, 0.3) is 6.08 Å². The second-order valence-electron chi connectivity index (χ2n) is 11.1. The van der Waals surface area contributed by atoms with Crippen LogP contribution < -0.4 is 9.47 Å². The number of para-hydroxylation sites is 1. The predicted molar refractivity (Wildman–Crippen MR) is 162 cm³/mol. The lowest BCUT2D eigenvalue weighted by atomic mass is 9.88. The zero-order valence-corrected chi connectivity index (χ0v) is 25.6. The number of fused-ring (bicyclic) bond motifs is 1. The molecule has 0 saturated carbocycles. The molecular weight excluding hydrogens is 587 g/mol. The number of methoxy groups -OCH3 is 1. The van der Waals surface area contributed by atoms with Gasteiger partial charge in [0.25, 0.3) is 5.79 Å². The standard InChI is InChI=1S/C32H34ClFN6O4/c1-4-39-20-35-17-23(39)18-40-28(10-11-30(41)42-3)36-37-29(40)19-38-14-12-21(13-15-38)24-6-5-7-27-31(24)44-32(2,43-27)25-9-8-22(33)16-26(25)34/h5-11,16-17,20-21H,4,12-15,18-19H2,1-3H3/b11-10+. The number of esters is 1. The molecule has 12 heteroatoms. The Hall–Kier alpha value is -4.22. The van der Waals surface area contributed by atoms with E-state index in [1.165, 1.54) is 19.3 Å². The molecule has 0 bridgehead atoms. The van der Waals surface area contributed by atoms with Gasteiger partial charge in [0.2, 0.25) is 0 Å². The Morgan fingerprint density at radius 3 is 2.75 bits per heavy atom. The first-order chi connectivity index (χ1) is 21.3. The number of imidazole rings is 1. The van der Waals surface area contributed by atoms with E-state index in [2.05, 4.69) is 37.6 Å². The van der Waals surface area contributed by atoms with E-state index in [0.29, 0.717) is 41.0 Å². The Labute approximate surface area is 260 Å². The Kier molecular flexibility index (Phi) is 8.42. The van der Waals surface area contributed by atoms with Gasteiger partial charge in [0, 0.05) is 36.3 Å². The molecule has 1 saturated heterocycles. The maximum Gasteiger partial charge on any atom is 0.330 e. The molecule has 1 unspecified atom stereocenters. The number of hydrogen-bond acceptors (Lipinski definition) is 8. The Morgan fingerprint density at radius 2 is 2.00 bits per heavy atom. The third kappa shape index (κ3) is 5.94. The first-order valence-electron chi connectivity index (χ1n) is 14.6. The van der Waals surface area contributed by atoms with Crippen LogP contribution in [0.5, 0.6) is 11.5 Å². The third-order valence-electron chi connectivity index (χ3n) is 8.31. The Morgan fingerprint density at radius 1 is 1.18 bits per heavy atom. The SMILES string of the molecule is CCn1cncc1Cn1c(/C=C/C(=O)OC)nnc1CN1CCC(c2cccc3c2OC(C)(c2ccc(Cl)cc2F)O3)CC1. The number of ether oxygens (including phenoxy) is 3. The topological polar surface area (TPSA) is 96.5 Å². The van der Waals surface area contributed by atoms with Crippen molar-refractivity contribution >= 4 is 23.6 Å². The van der Waals surface area contributed by atoms with Crippen LogP contribution in [-0.2, 0) is 35.0 Å². The lowest BCUT2D eigenvalue weighted by molar-refractivity contribution is -0.134. The fourth-order valence-electron chi connectivity index (χ4n) is 5.94. The van der Waals surface area contributed by atoms with Crippen molar-refractivity contribution in [2.75, 3.05) is 20.2 Å². The maximum atomic E-state index is 14.8. The summed E-state index contributed by atoms with van der Waals surface area (Å²) in [7, 11) is 1.34. The van der Waals surface area contributed by atoms with Crippen LogP contribution >= 0.6 is 11.6 Å². The highest BCUT2D eigenvalue weighted by Gasteiger charge is 2.43. The zero-order chi connectivity index (χ0) is 30.8. The molecule has 0 aliphatic carbocycles. The molecule has 4 heterocycles. The van der Waals surface area contributed by atoms with Crippen molar-refractivity contribution in [3.63, 3.8) is 0 Å². The van der Waals surface area contributed by atoms with Crippen molar-refractivity contribution in [1.29, 1.82) is 0 Å². The molecule has 1 fully saturated rings. The summed E-state index contributed by atoms with van der Waals surface area (Å²) < 4.78 is 36.2. The van der Waals surface area contributed by atoms with Crippen LogP contribution in [0.2, 0.25) is 5.02 Å². The molecule has 0 N–H and O–H groups in total. The van der Waals surface area contributed by atoms with Gasteiger partial charge in [-0.3, -0.25) is 4.90 Å². The number of carbonyl (C=O) groups excluding carboxylic acids is 1. The van der Waals surface area contributed by atoms with Gasteiger partial charge in [0.15, 0.2) is 17.3 Å². The van der Waals surface area contributed by atoms with Gasteiger partial charge in [-0.2, -0.15) is 0 Å². The van der Waals surface area contributed by atoms with E-state index in [9.17, 15) is 9.18 Å². The number of rotatable bonds is 9. The highest BCUT2D eigenvalue weighted by atomic mass is 35.5. The molecule has 10 nitrogen and oxygen atoms in total. The largest absolute Gasteiger partial charge is 0.466 e. The van der Waals surface area contributed by atoms with Crippen LogP contribution in [0.1, 0.15) is 61.1 Å². The molecule has 6 rings (SSSR count). The van der Waals surface area contributed by atoms with Gasteiger partial charge < -0.3 is 23.3 Å². The van der Waals surface area contributed by atoms with Crippen LogP contribution in [0.4, 0.5) is 4.39 Å². The molecule has 2 aliphatic rings. The number of aromatic nitrogens is 5. The molecule has 0 amide bonds. The lowest BCUT2D eigenvalue weighted by Gasteiger charge is -2.32. The van der Waals surface area contributed by atoms with Crippen molar-refractivity contribution < 1.29 is 23.4 Å². The van der Waals surface area contributed by atoms with Crippen molar-refractivity contribution in [3.8, 4) is 11.5 Å². The molecule has 1 atom stereocenters. The van der Waals surface area contributed by atoms with Gasteiger partial charge >= 0.3 is 5.97 Å². The number of halogens is 2. The summed E-state index contributed by atoms with van der Waals surface area (Å²) in [5.41, 5.74) is 2.38. The molecule has 0 radical (unpaired) electrons. The van der Waals surface area contributed by atoms with Gasteiger partial charge in [0.1, 0.15) is 11.6 Å². The van der Waals surface area contributed by atoms with E-state index in [1.807, 2.05) is 22.9 Å². The molecule has 230 valence electrons. The quantitative estimate of drug-likeness (QED) is 0.178. The first kappa shape index (κ1) is 29.8. The summed E-state index contributed by atoms with van der Waals surface area (Å²) in [6, 6.07) is 10.4. The monoisotopic (exact) mass is 620 g/mol. The number of nitrogens with zero attached hydrogens (tertiary/aromatic N) is 6. The number of benzene rings is 2. The van der Waals surface area contributed by atoms with E-state index >= 15 is 0 Å². The summed E-state index contributed by atoms with van der Waals surface area (Å²) in [5, 5.41) is 9.18. The van der Waals surface area contributed by atoms with E-state index in [-0.39, 0.29) is 5.92 Å². The van der Waals surface area contributed by atoms with Crippen molar-refractivity contribution in [2.24, 2.45) is 0 Å². The number of aryl methyl sites for hydroxylation is 1. The van der Waals surface area contributed by atoms with E-state index in [1.54, 1.807) is 31.5 Å². The van der Waals surface area contributed by atoms with E-state index < -0.39 is 17.6 Å². The number of likely N-dealkylation sites (tertiary alicyclic amines) is 1. The van der Waals surface area contributed by atoms with Crippen LogP contribution in [-0.4, -0.2) is 55.4 Å². The molecule has 4 aromatic rings. The maximum absolute atomic E-state index is 14.8. The van der Waals surface area contributed by atoms with E-state index in [4.69, 9.17) is 25.8 Å². The van der Waals surface area contributed by atoms with Gasteiger partial charge in [0.05, 0.1) is 37.8 Å². The Balaban J connectivity index is 1.17. The molecule has 0 spiro atoms. The second kappa shape index (κ2) is 12.4. The second-order valence-corrected chi connectivity index (χ2v) is 11.5. The zero-order valence-electron chi connectivity index (χ0n) is 24.9. The van der Waals surface area contributed by atoms with Crippen LogP contribution in [0.3, 0.4) is 0 Å². The smallest absolute Gasteiger partial charge is 0.330 e. The van der Waals surface area contributed by atoms with Crippen LogP contribution in [0, 0.1) is 5.82 Å². The van der Waals surface area contributed by atoms with Crippen molar-refractivity contribution in [1.82, 2.24) is 29.2 Å². The average molecular weight is 621 g/mol. The predicted octanol–water partition coefficient (Wildman–Crippen LogP) is 5.55. The molecular formula is C32H34ClFN6O4. The average Bonchev–Trinajstić information content (AvgIpc) is 3.73. The first-order valence-corrected chi connectivity index (χ1v) is 15.0. The third-order valence-corrected chi connectivity index (χ3v) is 8.54.